The van der Waals surface area contributed by atoms with Gasteiger partial charge in [0.05, 0.1) is 43.3 Å². The van der Waals surface area contributed by atoms with Crippen molar-refractivity contribution in [1.82, 2.24) is 19.9 Å². The Bertz CT molecular complexity index is 1250. The number of rotatable bonds is 9. The molecule has 2 aliphatic rings. The largest absolute Gasteiger partial charge is 0.494 e. The van der Waals surface area contributed by atoms with E-state index < -0.39 is 0 Å². The molecular formula is C27H32ClN5O4. The SMILES string of the molecule is COc1cc(OCCN2CCOCC2)c(Cl)cc1Nc1nccc(-c2cnc3c(c2)C(C)(CO)CC3)n1. The number of aryl methyl sites for hydroxylation is 1. The lowest BCUT2D eigenvalue weighted by atomic mass is 9.85. The predicted octanol–water partition coefficient (Wildman–Crippen LogP) is 3.85. The van der Waals surface area contributed by atoms with Gasteiger partial charge in [-0.25, -0.2) is 9.97 Å². The van der Waals surface area contributed by atoms with Crippen molar-refractivity contribution in [3.05, 3.63) is 52.9 Å². The quantitative estimate of drug-likeness (QED) is 0.431. The van der Waals surface area contributed by atoms with Gasteiger partial charge in [0.25, 0.3) is 0 Å². The molecule has 1 aromatic carbocycles. The number of morpholine rings is 1. The second-order valence-electron chi connectivity index (χ2n) is 9.61. The van der Waals surface area contributed by atoms with Crippen LogP contribution in [0.15, 0.2) is 36.7 Å². The Kier molecular flexibility index (Phi) is 7.76. The summed E-state index contributed by atoms with van der Waals surface area (Å²) in [6, 6.07) is 7.45. The van der Waals surface area contributed by atoms with E-state index in [4.69, 9.17) is 30.8 Å². The van der Waals surface area contributed by atoms with Crippen LogP contribution in [-0.4, -0.2) is 78.1 Å². The Labute approximate surface area is 221 Å². The minimum atomic E-state index is -0.275. The average Bonchev–Trinajstić information content (AvgIpc) is 3.27. The van der Waals surface area contributed by atoms with Gasteiger partial charge in [-0.3, -0.25) is 9.88 Å². The van der Waals surface area contributed by atoms with Crippen LogP contribution < -0.4 is 14.8 Å². The number of hydrogen-bond donors (Lipinski definition) is 2. The molecule has 3 heterocycles. The summed E-state index contributed by atoms with van der Waals surface area (Å²) in [5.41, 5.74) is 4.08. The van der Waals surface area contributed by atoms with Gasteiger partial charge in [-0.1, -0.05) is 18.5 Å². The third-order valence-electron chi connectivity index (χ3n) is 7.10. The number of benzene rings is 1. The molecule has 1 unspecified atom stereocenters. The Hall–Kier alpha value is -2.98. The summed E-state index contributed by atoms with van der Waals surface area (Å²) in [7, 11) is 1.59. The van der Waals surface area contributed by atoms with Crippen LogP contribution in [0.3, 0.4) is 0 Å². The van der Waals surface area contributed by atoms with Crippen molar-refractivity contribution in [1.29, 1.82) is 0 Å². The van der Waals surface area contributed by atoms with E-state index in [1.54, 1.807) is 25.4 Å². The highest BCUT2D eigenvalue weighted by Crippen LogP contribution is 2.40. The molecule has 10 heteroatoms. The molecule has 0 saturated carbocycles. The first-order chi connectivity index (χ1) is 18.0. The Morgan fingerprint density at radius 1 is 1.19 bits per heavy atom. The molecular weight excluding hydrogens is 494 g/mol. The Balaban J connectivity index is 1.31. The smallest absolute Gasteiger partial charge is 0.227 e. The van der Waals surface area contributed by atoms with E-state index in [1.807, 2.05) is 12.3 Å². The lowest BCUT2D eigenvalue weighted by Crippen LogP contribution is -2.38. The van der Waals surface area contributed by atoms with Crippen molar-refractivity contribution in [3.63, 3.8) is 0 Å². The predicted molar refractivity (Wildman–Crippen MR) is 142 cm³/mol. The highest BCUT2D eigenvalue weighted by molar-refractivity contribution is 6.32. The maximum absolute atomic E-state index is 9.94. The number of fused-ring (bicyclic) bond motifs is 1. The maximum Gasteiger partial charge on any atom is 0.227 e. The number of nitrogens with one attached hydrogen (secondary N) is 1. The second kappa shape index (κ2) is 11.2. The number of anilines is 2. The molecule has 1 atom stereocenters. The van der Waals surface area contributed by atoms with Gasteiger partial charge in [-0.2, -0.15) is 0 Å². The van der Waals surface area contributed by atoms with Gasteiger partial charge in [0.1, 0.15) is 18.1 Å². The van der Waals surface area contributed by atoms with Gasteiger partial charge < -0.3 is 24.6 Å². The summed E-state index contributed by atoms with van der Waals surface area (Å²) in [6.45, 7) is 6.81. The van der Waals surface area contributed by atoms with E-state index in [0.29, 0.717) is 34.8 Å². The van der Waals surface area contributed by atoms with Crippen LogP contribution in [0.25, 0.3) is 11.3 Å². The van der Waals surface area contributed by atoms with Crippen molar-refractivity contribution >= 4 is 23.2 Å². The summed E-state index contributed by atoms with van der Waals surface area (Å²) >= 11 is 6.54. The van der Waals surface area contributed by atoms with Crippen LogP contribution in [-0.2, 0) is 16.6 Å². The number of pyridine rings is 1. The third-order valence-corrected chi connectivity index (χ3v) is 7.40. The van der Waals surface area contributed by atoms with E-state index in [0.717, 1.165) is 68.2 Å². The normalized spacial score (nSPS) is 19.5. The van der Waals surface area contributed by atoms with Crippen LogP contribution >= 0.6 is 11.6 Å². The van der Waals surface area contributed by atoms with E-state index in [9.17, 15) is 5.11 Å². The van der Waals surface area contributed by atoms with Crippen molar-refractivity contribution in [3.8, 4) is 22.8 Å². The lowest BCUT2D eigenvalue weighted by Gasteiger charge is -2.26. The number of nitrogens with zero attached hydrogens (tertiary/aromatic N) is 4. The average molecular weight is 526 g/mol. The molecule has 2 N–H and O–H groups in total. The fourth-order valence-electron chi connectivity index (χ4n) is 4.77. The topological polar surface area (TPSA) is 102 Å². The highest BCUT2D eigenvalue weighted by Gasteiger charge is 2.35. The Morgan fingerprint density at radius 2 is 2.03 bits per heavy atom. The first-order valence-electron chi connectivity index (χ1n) is 12.5. The highest BCUT2D eigenvalue weighted by atomic mass is 35.5. The second-order valence-corrected chi connectivity index (χ2v) is 10.0. The molecule has 1 aliphatic carbocycles. The maximum atomic E-state index is 9.94. The van der Waals surface area contributed by atoms with Gasteiger partial charge in [0.2, 0.25) is 5.95 Å². The summed E-state index contributed by atoms with van der Waals surface area (Å²) in [5.74, 6) is 1.53. The molecule has 37 heavy (non-hydrogen) atoms. The fourth-order valence-corrected chi connectivity index (χ4v) is 4.99. The molecule has 0 spiro atoms. The van der Waals surface area contributed by atoms with Gasteiger partial charge in [-0.15, -0.1) is 0 Å². The zero-order chi connectivity index (χ0) is 25.8. The van der Waals surface area contributed by atoms with E-state index in [2.05, 4.69) is 33.2 Å². The molecule has 0 bridgehead atoms. The lowest BCUT2D eigenvalue weighted by molar-refractivity contribution is 0.0322. The minimum Gasteiger partial charge on any atom is -0.494 e. The van der Waals surface area contributed by atoms with Gasteiger partial charge in [0, 0.05) is 54.8 Å². The zero-order valence-corrected chi connectivity index (χ0v) is 21.9. The summed E-state index contributed by atoms with van der Waals surface area (Å²) in [5, 5.41) is 13.6. The summed E-state index contributed by atoms with van der Waals surface area (Å²) in [4.78, 5) is 16.0. The Morgan fingerprint density at radius 3 is 2.81 bits per heavy atom. The summed E-state index contributed by atoms with van der Waals surface area (Å²) < 4.78 is 16.9. The van der Waals surface area contributed by atoms with Gasteiger partial charge in [0.15, 0.2) is 0 Å². The summed E-state index contributed by atoms with van der Waals surface area (Å²) in [6.07, 6.45) is 5.28. The molecule has 196 valence electrons. The molecule has 1 fully saturated rings. The molecule has 2 aromatic heterocycles. The number of hydrogen-bond acceptors (Lipinski definition) is 9. The van der Waals surface area contributed by atoms with Gasteiger partial charge in [-0.05, 0) is 36.6 Å². The number of ether oxygens (including phenoxy) is 3. The van der Waals surface area contributed by atoms with E-state index in [-0.39, 0.29) is 12.0 Å². The monoisotopic (exact) mass is 525 g/mol. The number of aliphatic hydroxyl groups excluding tert-OH is 1. The van der Waals surface area contributed by atoms with E-state index >= 15 is 0 Å². The van der Waals surface area contributed by atoms with Crippen molar-refractivity contribution < 1.29 is 19.3 Å². The molecule has 1 aliphatic heterocycles. The first kappa shape index (κ1) is 25.7. The zero-order valence-electron chi connectivity index (χ0n) is 21.2. The van der Waals surface area contributed by atoms with Crippen molar-refractivity contribution in [2.24, 2.45) is 0 Å². The molecule has 1 saturated heterocycles. The van der Waals surface area contributed by atoms with Crippen LogP contribution in [0, 0.1) is 0 Å². The number of methoxy groups -OCH3 is 1. The molecule has 3 aromatic rings. The number of halogens is 1. The first-order valence-corrected chi connectivity index (χ1v) is 12.9. The standard InChI is InChI=1S/C27H32ClN5O4/c1-27(17-34)5-3-22-19(27)13-18(16-30-22)21-4-6-29-26(31-21)32-23-14-20(28)24(15-25(23)35-2)37-12-9-33-7-10-36-11-8-33/h4,6,13-16,34H,3,5,7-12,17H2,1-2H3,(H,29,31,32). The van der Waals surface area contributed by atoms with Crippen LogP contribution in [0.2, 0.25) is 5.02 Å². The number of aromatic nitrogens is 3. The molecule has 5 rings (SSSR count). The van der Waals surface area contributed by atoms with Crippen LogP contribution in [0.1, 0.15) is 24.6 Å². The fraction of sp³-hybridized carbons (Fsp3) is 0.444. The van der Waals surface area contributed by atoms with E-state index in [1.165, 1.54) is 0 Å². The molecule has 0 amide bonds. The van der Waals surface area contributed by atoms with Crippen LogP contribution in [0.4, 0.5) is 11.6 Å². The minimum absolute atomic E-state index is 0.0925. The molecule has 9 nitrogen and oxygen atoms in total. The molecule has 0 radical (unpaired) electrons. The number of aliphatic hydroxyl groups is 1. The van der Waals surface area contributed by atoms with Crippen molar-refractivity contribution in [2.75, 3.05) is 58.5 Å². The van der Waals surface area contributed by atoms with Gasteiger partial charge >= 0.3 is 0 Å². The third kappa shape index (κ3) is 5.65. The van der Waals surface area contributed by atoms with Crippen molar-refractivity contribution in [2.45, 2.75) is 25.2 Å². The van der Waals surface area contributed by atoms with Crippen LogP contribution in [0.5, 0.6) is 11.5 Å².